The number of rotatable bonds is 5. The van der Waals surface area contributed by atoms with Gasteiger partial charge in [-0.05, 0) is 62.6 Å². The molecule has 0 aliphatic carbocycles. The number of nitro groups is 1. The Balaban J connectivity index is 1.89. The van der Waals surface area contributed by atoms with E-state index in [0.29, 0.717) is 5.69 Å². The summed E-state index contributed by atoms with van der Waals surface area (Å²) in [4.78, 5) is 17.2. The van der Waals surface area contributed by atoms with Gasteiger partial charge in [-0.3, -0.25) is 15.1 Å². The molecule has 5 heteroatoms. The zero-order chi connectivity index (χ0) is 19.6. The molecule has 0 fully saturated rings. The summed E-state index contributed by atoms with van der Waals surface area (Å²) >= 11 is 0. The smallest absolute Gasteiger partial charge is 0.269 e. The van der Waals surface area contributed by atoms with E-state index in [4.69, 9.17) is 0 Å². The number of hydrogen-bond acceptors (Lipinski definition) is 4. The van der Waals surface area contributed by atoms with E-state index >= 15 is 0 Å². The summed E-state index contributed by atoms with van der Waals surface area (Å²) in [6.45, 7) is 9.87. The van der Waals surface area contributed by atoms with E-state index in [1.165, 1.54) is 29.0 Å². The maximum atomic E-state index is 10.7. The molecule has 1 heterocycles. The lowest BCUT2D eigenvalue weighted by molar-refractivity contribution is -0.384. The zero-order valence-corrected chi connectivity index (χ0v) is 16.3. The molecule has 0 spiro atoms. The van der Waals surface area contributed by atoms with E-state index in [-0.39, 0.29) is 11.2 Å². The number of anilines is 1. The molecule has 1 aliphatic rings. The SMILES string of the molecule is CCCN1c2ccc(C=Nc3ccc([N+](=O)[O-])cc3)cc2C(C)=CC1(C)C. The Labute approximate surface area is 160 Å². The van der Waals surface area contributed by atoms with Gasteiger partial charge < -0.3 is 4.90 Å². The summed E-state index contributed by atoms with van der Waals surface area (Å²) in [5.74, 6) is 0. The Morgan fingerprint density at radius 2 is 1.89 bits per heavy atom. The van der Waals surface area contributed by atoms with Crippen LogP contribution in [-0.4, -0.2) is 23.2 Å². The molecule has 0 atom stereocenters. The summed E-state index contributed by atoms with van der Waals surface area (Å²) in [6, 6.07) is 12.7. The highest BCUT2D eigenvalue weighted by Gasteiger charge is 2.30. The topological polar surface area (TPSA) is 58.7 Å². The lowest BCUT2D eigenvalue weighted by Gasteiger charge is -2.43. The minimum Gasteiger partial charge on any atom is -0.362 e. The largest absolute Gasteiger partial charge is 0.362 e. The van der Waals surface area contributed by atoms with Crippen molar-refractivity contribution >= 4 is 28.8 Å². The number of nitrogens with zero attached hydrogens (tertiary/aromatic N) is 3. The minimum atomic E-state index is -0.407. The van der Waals surface area contributed by atoms with Gasteiger partial charge >= 0.3 is 0 Å². The van der Waals surface area contributed by atoms with E-state index in [9.17, 15) is 10.1 Å². The predicted molar refractivity (Wildman–Crippen MR) is 112 cm³/mol. The number of benzene rings is 2. The number of non-ortho nitro benzene ring substituents is 1. The van der Waals surface area contributed by atoms with Crippen LogP contribution in [0.25, 0.3) is 5.57 Å². The van der Waals surface area contributed by atoms with Gasteiger partial charge in [-0.2, -0.15) is 0 Å². The number of nitro benzene ring substituents is 1. The second-order valence-corrected chi connectivity index (χ2v) is 7.44. The van der Waals surface area contributed by atoms with E-state index in [2.05, 4.69) is 61.9 Å². The molecule has 3 rings (SSSR count). The standard InChI is InChI=1S/C22H25N3O2/c1-5-12-24-21-11-6-17(13-20(21)16(2)14-22(24,3)4)15-23-18-7-9-19(10-8-18)25(26)27/h6-11,13-15H,5,12H2,1-4H3. The molecule has 0 amide bonds. The van der Waals surface area contributed by atoms with Crippen LogP contribution in [0.2, 0.25) is 0 Å². The number of fused-ring (bicyclic) bond motifs is 1. The highest BCUT2D eigenvalue weighted by molar-refractivity contribution is 5.88. The Bertz CT molecular complexity index is 912. The number of allylic oxidation sites excluding steroid dienone is 1. The Kier molecular flexibility index (Phi) is 5.13. The van der Waals surface area contributed by atoms with Crippen molar-refractivity contribution < 1.29 is 4.92 Å². The van der Waals surface area contributed by atoms with Crippen molar-refractivity contribution in [2.45, 2.75) is 39.7 Å². The molecule has 0 bridgehead atoms. The van der Waals surface area contributed by atoms with E-state index < -0.39 is 4.92 Å². The highest BCUT2D eigenvalue weighted by Crippen LogP contribution is 2.39. The van der Waals surface area contributed by atoms with Gasteiger partial charge in [0.25, 0.3) is 5.69 Å². The first-order chi connectivity index (χ1) is 12.8. The van der Waals surface area contributed by atoms with Gasteiger partial charge in [0.2, 0.25) is 0 Å². The maximum Gasteiger partial charge on any atom is 0.269 e. The fourth-order valence-electron chi connectivity index (χ4n) is 3.62. The first kappa shape index (κ1) is 18.8. The quantitative estimate of drug-likeness (QED) is 0.386. The van der Waals surface area contributed by atoms with Gasteiger partial charge in [-0.15, -0.1) is 0 Å². The third-order valence-corrected chi connectivity index (χ3v) is 4.87. The van der Waals surface area contributed by atoms with Crippen LogP contribution in [-0.2, 0) is 0 Å². The van der Waals surface area contributed by atoms with Crippen LogP contribution in [0.15, 0.2) is 53.5 Å². The van der Waals surface area contributed by atoms with Crippen molar-refractivity contribution in [3.63, 3.8) is 0 Å². The van der Waals surface area contributed by atoms with Crippen LogP contribution in [0, 0.1) is 10.1 Å². The van der Waals surface area contributed by atoms with E-state index in [1.807, 2.05) is 0 Å². The Morgan fingerprint density at radius 3 is 2.52 bits per heavy atom. The van der Waals surface area contributed by atoms with Crippen LogP contribution in [0.1, 0.15) is 45.2 Å². The van der Waals surface area contributed by atoms with Crippen molar-refractivity contribution in [1.82, 2.24) is 0 Å². The Hall–Kier alpha value is -2.95. The summed E-state index contributed by atoms with van der Waals surface area (Å²) in [6.07, 6.45) is 5.22. The van der Waals surface area contributed by atoms with Crippen molar-refractivity contribution in [1.29, 1.82) is 0 Å². The average molecular weight is 363 g/mol. The molecule has 0 radical (unpaired) electrons. The summed E-state index contributed by atoms with van der Waals surface area (Å²) < 4.78 is 0. The van der Waals surface area contributed by atoms with Gasteiger partial charge in [0, 0.05) is 36.1 Å². The monoisotopic (exact) mass is 363 g/mol. The zero-order valence-electron chi connectivity index (χ0n) is 16.3. The van der Waals surface area contributed by atoms with Crippen LogP contribution >= 0.6 is 0 Å². The van der Waals surface area contributed by atoms with Gasteiger partial charge in [0.05, 0.1) is 16.1 Å². The van der Waals surface area contributed by atoms with Crippen LogP contribution < -0.4 is 4.90 Å². The second kappa shape index (κ2) is 7.35. The first-order valence-electron chi connectivity index (χ1n) is 9.22. The molecule has 0 saturated heterocycles. The molecular formula is C22H25N3O2. The summed E-state index contributed by atoms with van der Waals surface area (Å²) in [5, 5.41) is 10.7. The lowest BCUT2D eigenvalue weighted by atomic mass is 9.88. The number of hydrogen-bond donors (Lipinski definition) is 0. The Morgan fingerprint density at radius 1 is 1.19 bits per heavy atom. The third kappa shape index (κ3) is 3.92. The van der Waals surface area contributed by atoms with Gasteiger partial charge in [0.15, 0.2) is 0 Å². The van der Waals surface area contributed by atoms with Crippen molar-refractivity contribution in [3.05, 3.63) is 69.8 Å². The third-order valence-electron chi connectivity index (χ3n) is 4.87. The van der Waals surface area contributed by atoms with Crippen LogP contribution in [0.4, 0.5) is 17.1 Å². The minimum absolute atomic E-state index is 0.00144. The van der Waals surface area contributed by atoms with Crippen molar-refractivity contribution in [3.8, 4) is 0 Å². The molecule has 0 aromatic heterocycles. The van der Waals surface area contributed by atoms with Gasteiger partial charge in [-0.25, -0.2) is 0 Å². The lowest BCUT2D eigenvalue weighted by Crippen LogP contribution is -2.45. The van der Waals surface area contributed by atoms with Crippen LogP contribution in [0.3, 0.4) is 0 Å². The molecule has 5 nitrogen and oxygen atoms in total. The van der Waals surface area contributed by atoms with E-state index in [0.717, 1.165) is 18.5 Å². The molecule has 140 valence electrons. The predicted octanol–water partition coefficient (Wildman–Crippen LogP) is 5.76. The molecule has 0 unspecified atom stereocenters. The van der Waals surface area contributed by atoms with Crippen molar-refractivity contribution in [2.24, 2.45) is 4.99 Å². The summed E-state index contributed by atoms with van der Waals surface area (Å²) in [5.41, 5.74) is 5.54. The molecule has 2 aromatic carbocycles. The summed E-state index contributed by atoms with van der Waals surface area (Å²) in [7, 11) is 0. The molecule has 27 heavy (non-hydrogen) atoms. The second-order valence-electron chi connectivity index (χ2n) is 7.44. The fraction of sp³-hybridized carbons (Fsp3) is 0.318. The molecule has 0 N–H and O–H groups in total. The first-order valence-corrected chi connectivity index (χ1v) is 9.22. The number of aliphatic imine (C=N–C) groups is 1. The maximum absolute atomic E-state index is 10.7. The molecular weight excluding hydrogens is 338 g/mol. The average Bonchev–Trinajstić information content (AvgIpc) is 2.63. The molecule has 2 aromatic rings. The fourth-order valence-corrected chi connectivity index (χ4v) is 3.62. The molecule has 1 aliphatic heterocycles. The van der Waals surface area contributed by atoms with Gasteiger partial charge in [-0.1, -0.05) is 19.1 Å². The van der Waals surface area contributed by atoms with Crippen molar-refractivity contribution in [2.75, 3.05) is 11.4 Å². The van der Waals surface area contributed by atoms with Crippen LogP contribution in [0.5, 0.6) is 0 Å². The van der Waals surface area contributed by atoms with E-state index in [1.54, 1.807) is 18.3 Å². The molecule has 0 saturated carbocycles. The highest BCUT2D eigenvalue weighted by atomic mass is 16.6. The van der Waals surface area contributed by atoms with Gasteiger partial charge in [0.1, 0.15) is 0 Å². The normalized spacial score (nSPS) is 15.6.